The highest BCUT2D eigenvalue weighted by molar-refractivity contribution is 5.98. The molecule has 5 heterocycles. The minimum Gasteiger partial charge on any atom is -0.381 e. The highest BCUT2D eigenvalue weighted by atomic mass is 16.5. The van der Waals surface area contributed by atoms with Gasteiger partial charge in [0.15, 0.2) is 11.5 Å². The van der Waals surface area contributed by atoms with Gasteiger partial charge in [-0.25, -0.2) is 15.0 Å². The normalized spacial score (nSPS) is 19.0. The molecule has 9 heteroatoms. The highest BCUT2D eigenvalue weighted by Crippen LogP contribution is 2.30. The second kappa shape index (κ2) is 7.28. The van der Waals surface area contributed by atoms with Crippen LogP contribution in [0.1, 0.15) is 34.7 Å². The van der Waals surface area contributed by atoms with Crippen LogP contribution in [0.2, 0.25) is 0 Å². The summed E-state index contributed by atoms with van der Waals surface area (Å²) in [6.45, 7) is 4.78. The van der Waals surface area contributed by atoms with E-state index in [1.54, 1.807) is 6.07 Å². The Morgan fingerprint density at radius 1 is 1.12 bits per heavy atom. The monoisotopic (exact) mass is 441 g/mol. The average Bonchev–Trinajstić information content (AvgIpc) is 3.42. The van der Waals surface area contributed by atoms with Gasteiger partial charge in [0, 0.05) is 24.2 Å². The smallest absolute Gasteiger partial charge is 0.254 e. The predicted octanol–water partition coefficient (Wildman–Crippen LogP) is 3.02. The molecule has 2 atom stereocenters. The molecule has 0 radical (unpaired) electrons. The summed E-state index contributed by atoms with van der Waals surface area (Å²) < 4.78 is 9.68. The van der Waals surface area contributed by atoms with E-state index < -0.39 is 0 Å². The number of carbonyl (C=O) groups is 1. The van der Waals surface area contributed by atoms with Gasteiger partial charge in [0.1, 0.15) is 5.65 Å². The summed E-state index contributed by atoms with van der Waals surface area (Å²) in [5, 5.41) is 0. The zero-order valence-corrected chi connectivity index (χ0v) is 18.3. The lowest BCUT2D eigenvalue weighted by Crippen LogP contribution is -2.49. The quantitative estimate of drug-likeness (QED) is 0.452. The van der Waals surface area contributed by atoms with Gasteiger partial charge in [0.2, 0.25) is 0 Å². The molecule has 1 unspecified atom stereocenters. The molecule has 4 aromatic heterocycles. The summed E-state index contributed by atoms with van der Waals surface area (Å²) >= 11 is 0. The maximum absolute atomic E-state index is 13.8. The molecule has 0 spiro atoms. The molecule has 0 bridgehead atoms. The van der Waals surface area contributed by atoms with E-state index >= 15 is 0 Å². The van der Waals surface area contributed by atoms with Gasteiger partial charge in [0.05, 0.1) is 47.7 Å². The minimum atomic E-state index is -0.281. The number of carbonyl (C=O) groups excluding carboxylic acids is 1. The molecule has 9 nitrogen and oxygen atoms in total. The van der Waals surface area contributed by atoms with Crippen molar-refractivity contribution in [2.75, 3.05) is 18.9 Å². The van der Waals surface area contributed by atoms with Crippen LogP contribution < -0.4 is 5.73 Å². The van der Waals surface area contributed by atoms with Crippen LogP contribution in [0.4, 0.5) is 5.82 Å². The van der Waals surface area contributed by atoms with E-state index in [1.165, 1.54) is 0 Å². The first-order valence-corrected chi connectivity index (χ1v) is 10.9. The number of pyridine rings is 1. The molecule has 1 aromatic carbocycles. The van der Waals surface area contributed by atoms with Crippen LogP contribution in [0.3, 0.4) is 0 Å². The third kappa shape index (κ3) is 3.12. The van der Waals surface area contributed by atoms with Gasteiger partial charge in [0.25, 0.3) is 5.91 Å². The van der Waals surface area contributed by atoms with Crippen LogP contribution in [0.25, 0.3) is 22.3 Å². The van der Waals surface area contributed by atoms with Crippen molar-refractivity contribution in [2.45, 2.75) is 25.9 Å². The van der Waals surface area contributed by atoms with Crippen molar-refractivity contribution >= 4 is 34.1 Å². The van der Waals surface area contributed by atoms with Crippen molar-refractivity contribution in [3.05, 3.63) is 71.9 Å². The Morgan fingerprint density at radius 3 is 2.85 bits per heavy atom. The van der Waals surface area contributed by atoms with Gasteiger partial charge in [-0.2, -0.15) is 0 Å². The largest absolute Gasteiger partial charge is 0.381 e. The Hall–Kier alpha value is -3.98. The lowest BCUT2D eigenvalue weighted by molar-refractivity contribution is -0.0326. The van der Waals surface area contributed by atoms with E-state index in [2.05, 4.69) is 9.97 Å². The molecule has 1 fully saturated rings. The van der Waals surface area contributed by atoms with E-state index in [9.17, 15) is 4.79 Å². The lowest BCUT2D eigenvalue weighted by Gasteiger charge is -2.39. The number of imidazole rings is 2. The van der Waals surface area contributed by atoms with Crippen molar-refractivity contribution in [3.63, 3.8) is 0 Å². The Kier molecular flexibility index (Phi) is 4.34. The second-order valence-corrected chi connectivity index (χ2v) is 8.52. The van der Waals surface area contributed by atoms with Gasteiger partial charge < -0.3 is 19.8 Å². The van der Waals surface area contributed by atoms with Crippen molar-refractivity contribution < 1.29 is 9.53 Å². The van der Waals surface area contributed by atoms with Crippen LogP contribution in [-0.2, 0) is 4.74 Å². The van der Waals surface area contributed by atoms with Crippen LogP contribution in [0.5, 0.6) is 0 Å². The maximum Gasteiger partial charge on any atom is 0.254 e. The highest BCUT2D eigenvalue weighted by Gasteiger charge is 2.35. The molecular formula is C24H23N7O2. The predicted molar refractivity (Wildman–Crippen MR) is 124 cm³/mol. The average molecular weight is 441 g/mol. The van der Waals surface area contributed by atoms with Crippen LogP contribution in [0.15, 0.2) is 55.0 Å². The Balaban J connectivity index is 1.44. The number of amides is 1. The SMILES string of the molecule is Cc1cn2c(n1)c(N)nc1ccc(C(=O)N3C(C)COC[C@@H]3c3cn4ccccc4n3)cc12. The molecule has 1 amide bonds. The van der Waals surface area contributed by atoms with E-state index in [4.69, 9.17) is 15.5 Å². The standard InChI is InChI=1S/C24H23N7O2/c1-14-10-30-19-9-16(6-7-17(19)28-22(25)23(30)26-14)24(32)31-15(2)12-33-13-20(31)18-11-29-8-4-3-5-21(29)27-18/h3-11,15,20H,12-13H2,1-2H3,(H2,25,28)/t15?,20-/m1/s1. The zero-order valence-electron chi connectivity index (χ0n) is 18.3. The maximum atomic E-state index is 13.8. The van der Waals surface area contributed by atoms with Gasteiger partial charge in [-0.3, -0.25) is 9.20 Å². The van der Waals surface area contributed by atoms with Crippen LogP contribution in [0, 0.1) is 6.92 Å². The van der Waals surface area contributed by atoms with E-state index in [-0.39, 0.29) is 18.0 Å². The first-order chi connectivity index (χ1) is 16.0. The van der Waals surface area contributed by atoms with Gasteiger partial charge >= 0.3 is 0 Å². The molecule has 1 aliphatic rings. The van der Waals surface area contributed by atoms with Crippen molar-refractivity contribution in [1.82, 2.24) is 28.7 Å². The minimum absolute atomic E-state index is 0.0726. The first-order valence-electron chi connectivity index (χ1n) is 10.9. The number of benzene rings is 1. The fourth-order valence-electron chi connectivity index (χ4n) is 4.64. The van der Waals surface area contributed by atoms with E-state index in [0.717, 1.165) is 22.6 Å². The second-order valence-electron chi connectivity index (χ2n) is 8.52. The number of nitrogens with two attached hydrogens (primary N) is 1. The number of aryl methyl sites for hydroxylation is 1. The first kappa shape index (κ1) is 19.7. The number of aromatic nitrogens is 5. The number of anilines is 1. The number of nitrogens with zero attached hydrogens (tertiary/aromatic N) is 6. The molecule has 0 saturated carbocycles. The number of hydrogen-bond donors (Lipinski definition) is 1. The summed E-state index contributed by atoms with van der Waals surface area (Å²) in [4.78, 5) is 29.4. The summed E-state index contributed by atoms with van der Waals surface area (Å²) in [7, 11) is 0. The molecule has 2 N–H and O–H groups in total. The van der Waals surface area contributed by atoms with Crippen molar-refractivity contribution in [3.8, 4) is 0 Å². The number of fused-ring (bicyclic) bond motifs is 4. The van der Waals surface area contributed by atoms with E-state index in [1.807, 2.05) is 76.5 Å². The number of rotatable bonds is 2. The molecular weight excluding hydrogens is 418 g/mol. The molecule has 166 valence electrons. The van der Waals surface area contributed by atoms with Crippen LogP contribution >= 0.6 is 0 Å². The van der Waals surface area contributed by atoms with Gasteiger partial charge in [-0.1, -0.05) is 6.07 Å². The number of hydrogen-bond acceptors (Lipinski definition) is 6. The summed E-state index contributed by atoms with van der Waals surface area (Å²) in [6, 6.07) is 11.0. The summed E-state index contributed by atoms with van der Waals surface area (Å²) in [5.74, 6) is 0.292. The number of ether oxygens (including phenoxy) is 1. The fourth-order valence-corrected chi connectivity index (χ4v) is 4.64. The van der Waals surface area contributed by atoms with E-state index in [0.29, 0.717) is 35.8 Å². The zero-order chi connectivity index (χ0) is 22.7. The molecule has 1 saturated heterocycles. The third-order valence-electron chi connectivity index (χ3n) is 6.18. The Labute approximate surface area is 189 Å². The lowest BCUT2D eigenvalue weighted by atomic mass is 10.1. The van der Waals surface area contributed by atoms with Gasteiger partial charge in [-0.05, 0) is 44.2 Å². The molecule has 1 aliphatic heterocycles. The van der Waals surface area contributed by atoms with Crippen molar-refractivity contribution in [1.29, 1.82) is 0 Å². The summed E-state index contributed by atoms with van der Waals surface area (Å²) in [5.41, 5.74) is 11.2. The number of nitrogen functional groups attached to an aromatic ring is 1. The Bertz CT molecular complexity index is 1500. The van der Waals surface area contributed by atoms with Crippen LogP contribution in [-0.4, -0.2) is 53.8 Å². The Morgan fingerprint density at radius 2 is 2.00 bits per heavy atom. The van der Waals surface area contributed by atoms with Crippen molar-refractivity contribution in [2.24, 2.45) is 0 Å². The fraction of sp³-hybridized carbons (Fsp3) is 0.250. The molecule has 6 rings (SSSR count). The van der Waals surface area contributed by atoms with Gasteiger partial charge in [-0.15, -0.1) is 0 Å². The molecule has 0 aliphatic carbocycles. The summed E-state index contributed by atoms with van der Waals surface area (Å²) in [6.07, 6.45) is 5.82. The topological polar surface area (TPSA) is 103 Å². The molecule has 5 aromatic rings. The number of morpholine rings is 1. The molecule has 33 heavy (non-hydrogen) atoms. The third-order valence-corrected chi connectivity index (χ3v) is 6.18.